The van der Waals surface area contributed by atoms with Crippen LogP contribution in [0.15, 0.2) is 19.7 Å². The van der Waals surface area contributed by atoms with Crippen LogP contribution in [0.3, 0.4) is 0 Å². The van der Waals surface area contributed by atoms with Gasteiger partial charge in [0.2, 0.25) is 0 Å². The molecule has 1 heteroatoms. The van der Waals surface area contributed by atoms with Crippen molar-refractivity contribution < 1.29 is 0 Å². The van der Waals surface area contributed by atoms with Gasteiger partial charge >= 0.3 is 0 Å². The molecule has 0 aliphatic carbocycles. The third-order valence-corrected chi connectivity index (χ3v) is 2.42. The van der Waals surface area contributed by atoms with Crippen molar-refractivity contribution >= 4 is 18.2 Å². The molecule has 0 fully saturated rings. The first-order chi connectivity index (χ1) is 6.17. The maximum atomic E-state index is 3.79. The highest BCUT2D eigenvalue weighted by atomic mass is 15.0. The van der Waals surface area contributed by atoms with Crippen LogP contribution in [0.1, 0.15) is 22.5 Å². The molecule has 1 heterocycles. The van der Waals surface area contributed by atoms with E-state index in [1.54, 1.807) is 0 Å². The predicted octanol–water partition coefficient (Wildman–Crippen LogP) is 3.26. The fraction of sp³-hybridized carbons (Fsp3) is 0.167. The Balaban J connectivity index is 3.61. The lowest BCUT2D eigenvalue weighted by atomic mass is 10.1. The van der Waals surface area contributed by atoms with Gasteiger partial charge in [-0.2, -0.15) is 0 Å². The molecule has 0 aliphatic rings. The summed E-state index contributed by atoms with van der Waals surface area (Å²) in [4.78, 5) is 0. The second-order valence-electron chi connectivity index (χ2n) is 2.97. The molecule has 0 saturated carbocycles. The van der Waals surface area contributed by atoms with Gasteiger partial charge < -0.3 is 4.57 Å². The summed E-state index contributed by atoms with van der Waals surface area (Å²) in [6, 6.07) is 0. The lowest BCUT2D eigenvalue weighted by Gasteiger charge is -1.99. The first-order valence-electron chi connectivity index (χ1n) is 4.24. The second kappa shape index (κ2) is 3.48. The van der Waals surface area contributed by atoms with Crippen LogP contribution in [0.5, 0.6) is 0 Å². The molecular weight excluding hydrogens is 158 g/mol. The molecule has 0 saturated heterocycles. The molecule has 0 radical (unpaired) electrons. The summed E-state index contributed by atoms with van der Waals surface area (Å²) in [7, 11) is 2.02. The van der Waals surface area contributed by atoms with Crippen LogP contribution in [0.4, 0.5) is 0 Å². The molecule has 1 aromatic rings. The van der Waals surface area contributed by atoms with Crippen LogP contribution in [0.2, 0.25) is 0 Å². The Morgan fingerprint density at radius 3 is 1.92 bits per heavy atom. The number of hydrogen-bond donors (Lipinski definition) is 0. The van der Waals surface area contributed by atoms with Gasteiger partial charge in [-0.15, -0.1) is 0 Å². The molecule has 0 bridgehead atoms. The van der Waals surface area contributed by atoms with Crippen LogP contribution in [0.25, 0.3) is 18.2 Å². The van der Waals surface area contributed by atoms with Crippen molar-refractivity contribution in [3.8, 4) is 0 Å². The quantitative estimate of drug-likeness (QED) is 0.661. The lowest BCUT2D eigenvalue weighted by molar-refractivity contribution is 0.870. The molecular formula is C12H15N. The summed E-state index contributed by atoms with van der Waals surface area (Å²) in [5.41, 5.74) is 4.56. The smallest absolute Gasteiger partial charge is 0.0479 e. The monoisotopic (exact) mass is 173 g/mol. The van der Waals surface area contributed by atoms with Crippen LogP contribution >= 0.6 is 0 Å². The van der Waals surface area contributed by atoms with E-state index in [1.807, 2.05) is 25.3 Å². The van der Waals surface area contributed by atoms with E-state index < -0.39 is 0 Å². The lowest BCUT2D eigenvalue weighted by Crippen LogP contribution is -1.93. The van der Waals surface area contributed by atoms with E-state index in [9.17, 15) is 0 Å². The van der Waals surface area contributed by atoms with Gasteiger partial charge in [0, 0.05) is 29.6 Å². The fourth-order valence-electron chi connectivity index (χ4n) is 1.59. The number of nitrogens with zero attached hydrogens (tertiary/aromatic N) is 1. The predicted molar refractivity (Wildman–Crippen MR) is 60.4 cm³/mol. The Hall–Kier alpha value is -1.50. The zero-order valence-electron chi connectivity index (χ0n) is 8.30. The average Bonchev–Trinajstić information content (AvgIpc) is 2.38. The molecule has 0 aromatic carbocycles. The van der Waals surface area contributed by atoms with Crippen LogP contribution < -0.4 is 0 Å². The van der Waals surface area contributed by atoms with Gasteiger partial charge in [-0.25, -0.2) is 0 Å². The maximum absolute atomic E-state index is 3.79. The minimum Gasteiger partial charge on any atom is -0.347 e. The van der Waals surface area contributed by atoms with E-state index in [0.29, 0.717) is 0 Å². The molecule has 0 N–H and O–H groups in total. The summed E-state index contributed by atoms with van der Waals surface area (Å²) in [5.74, 6) is 0. The van der Waals surface area contributed by atoms with Gasteiger partial charge in [-0.3, -0.25) is 0 Å². The zero-order valence-corrected chi connectivity index (χ0v) is 8.30. The minimum absolute atomic E-state index is 1.10. The summed E-state index contributed by atoms with van der Waals surface area (Å²) in [6.07, 6.45) is 5.55. The Kier molecular flexibility index (Phi) is 2.57. The maximum Gasteiger partial charge on any atom is 0.0479 e. The number of hydrogen-bond acceptors (Lipinski definition) is 0. The molecule has 1 aromatic heterocycles. The van der Waals surface area contributed by atoms with Crippen molar-refractivity contribution in [1.29, 1.82) is 0 Å². The Labute approximate surface area is 79.7 Å². The number of rotatable bonds is 3. The molecule has 0 atom stereocenters. The summed E-state index contributed by atoms with van der Waals surface area (Å²) < 4.78 is 2.10. The van der Waals surface area contributed by atoms with E-state index in [-0.39, 0.29) is 0 Å². The normalized spacial score (nSPS) is 9.69. The van der Waals surface area contributed by atoms with Gasteiger partial charge in [-0.1, -0.05) is 31.9 Å². The van der Waals surface area contributed by atoms with E-state index in [0.717, 1.165) is 16.8 Å². The highest BCUT2D eigenvalue weighted by Crippen LogP contribution is 2.24. The largest absolute Gasteiger partial charge is 0.347 e. The summed E-state index contributed by atoms with van der Waals surface area (Å²) in [5, 5.41) is 0. The molecule has 0 spiro atoms. The Morgan fingerprint density at radius 1 is 1.00 bits per heavy atom. The zero-order chi connectivity index (χ0) is 10.0. The minimum atomic E-state index is 1.10. The number of aromatic nitrogens is 1. The van der Waals surface area contributed by atoms with Crippen molar-refractivity contribution in [3.63, 3.8) is 0 Å². The molecule has 0 amide bonds. The average molecular weight is 173 g/mol. The summed E-state index contributed by atoms with van der Waals surface area (Å²) in [6.45, 7) is 13.4. The van der Waals surface area contributed by atoms with Gasteiger partial charge in [0.1, 0.15) is 0 Å². The van der Waals surface area contributed by atoms with Gasteiger partial charge in [0.05, 0.1) is 0 Å². The van der Waals surface area contributed by atoms with Crippen LogP contribution in [-0.2, 0) is 7.05 Å². The third kappa shape index (κ3) is 1.26. The molecule has 0 aliphatic heterocycles. The third-order valence-electron chi connectivity index (χ3n) is 2.42. The van der Waals surface area contributed by atoms with Crippen molar-refractivity contribution in [2.45, 2.75) is 6.92 Å². The van der Waals surface area contributed by atoms with E-state index in [1.165, 1.54) is 5.69 Å². The van der Waals surface area contributed by atoms with E-state index >= 15 is 0 Å². The molecule has 1 nitrogen and oxygen atoms in total. The molecule has 0 unspecified atom stereocenters. The fourth-order valence-corrected chi connectivity index (χ4v) is 1.59. The van der Waals surface area contributed by atoms with Crippen LogP contribution in [0, 0.1) is 6.92 Å². The molecule has 13 heavy (non-hydrogen) atoms. The van der Waals surface area contributed by atoms with Crippen molar-refractivity contribution in [3.05, 3.63) is 42.3 Å². The first-order valence-corrected chi connectivity index (χ1v) is 4.24. The van der Waals surface area contributed by atoms with E-state index in [2.05, 4.69) is 31.2 Å². The highest BCUT2D eigenvalue weighted by molar-refractivity contribution is 5.73. The summed E-state index contributed by atoms with van der Waals surface area (Å²) >= 11 is 0. The standard InChI is InChI=1S/C12H15N/c1-6-10-9(4)13(5)12(8-3)11(10)7-2/h6-8H,1-3H2,4-5H3. The van der Waals surface area contributed by atoms with Gasteiger partial charge in [0.25, 0.3) is 0 Å². The molecule has 1 rings (SSSR count). The van der Waals surface area contributed by atoms with Crippen molar-refractivity contribution in [2.24, 2.45) is 7.05 Å². The van der Waals surface area contributed by atoms with Gasteiger partial charge in [-0.05, 0) is 13.0 Å². The Morgan fingerprint density at radius 2 is 1.54 bits per heavy atom. The van der Waals surface area contributed by atoms with Crippen molar-refractivity contribution in [2.75, 3.05) is 0 Å². The second-order valence-corrected chi connectivity index (χ2v) is 2.97. The SMILES string of the molecule is C=Cc1c(C=C)c(C=C)n(C)c1C. The topological polar surface area (TPSA) is 4.93 Å². The van der Waals surface area contributed by atoms with Crippen LogP contribution in [-0.4, -0.2) is 4.57 Å². The van der Waals surface area contributed by atoms with Crippen molar-refractivity contribution in [1.82, 2.24) is 4.57 Å². The first kappa shape index (κ1) is 9.59. The Bertz CT molecular complexity index is 335. The van der Waals surface area contributed by atoms with E-state index in [4.69, 9.17) is 0 Å². The molecule has 68 valence electrons. The van der Waals surface area contributed by atoms with Gasteiger partial charge in [0.15, 0.2) is 0 Å². The highest BCUT2D eigenvalue weighted by Gasteiger charge is 2.10.